The van der Waals surface area contributed by atoms with Gasteiger partial charge in [0.05, 0.1) is 0 Å². The summed E-state index contributed by atoms with van der Waals surface area (Å²) in [6.45, 7) is 4.04. The molecule has 0 bridgehead atoms. The Morgan fingerprint density at radius 3 is 2.47 bits per heavy atom. The molecule has 0 aliphatic rings. The fourth-order valence-corrected chi connectivity index (χ4v) is 1.37. The summed E-state index contributed by atoms with van der Waals surface area (Å²) in [5.74, 6) is -0.476. The highest BCUT2D eigenvalue weighted by molar-refractivity contribution is 5.91. The van der Waals surface area contributed by atoms with Crippen LogP contribution in [0.4, 0.5) is 5.69 Å². The van der Waals surface area contributed by atoms with E-state index in [1.807, 2.05) is 6.92 Å². The van der Waals surface area contributed by atoms with Crippen molar-refractivity contribution in [2.75, 3.05) is 11.4 Å². The van der Waals surface area contributed by atoms with Gasteiger partial charge in [0.15, 0.2) is 11.5 Å². The first-order valence-electron chi connectivity index (χ1n) is 4.86. The summed E-state index contributed by atoms with van der Waals surface area (Å²) in [6, 6.07) is 4.36. The van der Waals surface area contributed by atoms with E-state index in [9.17, 15) is 9.90 Å². The zero-order chi connectivity index (χ0) is 11.4. The number of carbonyl (C=O) groups excluding carboxylic acids is 1. The van der Waals surface area contributed by atoms with E-state index in [4.69, 9.17) is 5.11 Å². The van der Waals surface area contributed by atoms with Crippen molar-refractivity contribution in [2.45, 2.75) is 20.3 Å². The van der Waals surface area contributed by atoms with E-state index in [1.165, 1.54) is 19.1 Å². The second-order valence-electron chi connectivity index (χ2n) is 3.34. The van der Waals surface area contributed by atoms with Crippen molar-refractivity contribution in [1.82, 2.24) is 0 Å². The lowest BCUT2D eigenvalue weighted by molar-refractivity contribution is -0.116. The zero-order valence-electron chi connectivity index (χ0n) is 8.90. The van der Waals surface area contributed by atoms with Gasteiger partial charge in [0.2, 0.25) is 5.91 Å². The molecule has 0 radical (unpaired) electrons. The number of hydrogen-bond acceptors (Lipinski definition) is 3. The Labute approximate surface area is 88.8 Å². The first-order chi connectivity index (χ1) is 7.06. The first kappa shape index (κ1) is 11.4. The van der Waals surface area contributed by atoms with Crippen LogP contribution in [0.3, 0.4) is 0 Å². The fraction of sp³-hybridized carbons (Fsp3) is 0.364. The van der Waals surface area contributed by atoms with Crippen molar-refractivity contribution >= 4 is 11.6 Å². The molecule has 1 amide bonds. The maximum atomic E-state index is 11.3. The molecule has 0 atom stereocenters. The Morgan fingerprint density at radius 1 is 1.33 bits per heavy atom. The van der Waals surface area contributed by atoms with Crippen LogP contribution in [0.2, 0.25) is 0 Å². The van der Waals surface area contributed by atoms with Gasteiger partial charge in [-0.3, -0.25) is 4.79 Å². The maximum Gasteiger partial charge on any atom is 0.223 e. The Hall–Kier alpha value is -1.71. The van der Waals surface area contributed by atoms with Gasteiger partial charge in [0.25, 0.3) is 0 Å². The lowest BCUT2D eigenvalue weighted by Crippen LogP contribution is -2.28. The van der Waals surface area contributed by atoms with E-state index in [1.54, 1.807) is 11.0 Å². The van der Waals surface area contributed by atoms with Crippen molar-refractivity contribution in [1.29, 1.82) is 0 Å². The van der Waals surface area contributed by atoms with Crippen molar-refractivity contribution in [2.24, 2.45) is 0 Å². The Bertz CT molecular complexity index is 363. The Kier molecular flexibility index (Phi) is 3.55. The molecule has 0 heterocycles. The maximum absolute atomic E-state index is 11.3. The summed E-state index contributed by atoms with van der Waals surface area (Å²) in [5, 5.41) is 18.5. The summed E-state index contributed by atoms with van der Waals surface area (Å²) < 4.78 is 0. The number of hydrogen-bond donors (Lipinski definition) is 2. The number of amides is 1. The molecule has 0 aliphatic heterocycles. The number of aromatic hydroxyl groups is 2. The topological polar surface area (TPSA) is 60.8 Å². The predicted octanol–water partition coefficient (Wildman–Crippen LogP) is 1.86. The highest BCUT2D eigenvalue weighted by Crippen LogP contribution is 2.29. The van der Waals surface area contributed by atoms with Crippen LogP contribution in [-0.2, 0) is 4.79 Å². The van der Waals surface area contributed by atoms with Crippen LogP contribution >= 0.6 is 0 Å². The fourth-order valence-electron chi connectivity index (χ4n) is 1.37. The van der Waals surface area contributed by atoms with Crippen molar-refractivity contribution in [3.63, 3.8) is 0 Å². The minimum Gasteiger partial charge on any atom is -0.504 e. The molecule has 0 saturated carbocycles. The van der Waals surface area contributed by atoms with Gasteiger partial charge in [-0.1, -0.05) is 6.92 Å². The van der Waals surface area contributed by atoms with E-state index in [0.29, 0.717) is 12.2 Å². The van der Waals surface area contributed by atoms with Gasteiger partial charge < -0.3 is 15.1 Å². The van der Waals surface area contributed by atoms with E-state index in [0.717, 1.165) is 6.42 Å². The monoisotopic (exact) mass is 209 g/mol. The third-order valence-corrected chi connectivity index (χ3v) is 2.10. The summed E-state index contributed by atoms with van der Waals surface area (Å²) in [5.41, 5.74) is 0.597. The summed E-state index contributed by atoms with van der Waals surface area (Å²) in [4.78, 5) is 12.9. The largest absolute Gasteiger partial charge is 0.504 e. The standard InChI is InChI=1S/C11H15NO3/c1-3-6-12(8(2)13)9-4-5-10(14)11(15)7-9/h4-5,7,14-15H,3,6H2,1-2H3. The minimum atomic E-state index is -0.213. The molecule has 0 aliphatic carbocycles. The highest BCUT2D eigenvalue weighted by atomic mass is 16.3. The number of benzene rings is 1. The highest BCUT2D eigenvalue weighted by Gasteiger charge is 2.11. The van der Waals surface area contributed by atoms with Crippen LogP contribution in [0.25, 0.3) is 0 Å². The normalized spacial score (nSPS) is 10.0. The Balaban J connectivity index is 3.01. The van der Waals surface area contributed by atoms with Gasteiger partial charge >= 0.3 is 0 Å². The lowest BCUT2D eigenvalue weighted by Gasteiger charge is -2.20. The van der Waals surface area contributed by atoms with Gasteiger partial charge in [-0.15, -0.1) is 0 Å². The minimum absolute atomic E-state index is 0.0815. The molecule has 1 aromatic carbocycles. The number of carbonyl (C=O) groups is 1. The van der Waals surface area contributed by atoms with E-state index < -0.39 is 0 Å². The van der Waals surface area contributed by atoms with E-state index in [2.05, 4.69) is 0 Å². The molecule has 4 nitrogen and oxygen atoms in total. The summed E-state index contributed by atoms with van der Waals surface area (Å²) in [6.07, 6.45) is 0.835. The second kappa shape index (κ2) is 4.68. The average molecular weight is 209 g/mol. The molecule has 2 N–H and O–H groups in total. The lowest BCUT2D eigenvalue weighted by atomic mass is 10.2. The van der Waals surface area contributed by atoms with Gasteiger partial charge in [-0.2, -0.15) is 0 Å². The van der Waals surface area contributed by atoms with Crippen molar-refractivity contribution in [3.8, 4) is 11.5 Å². The van der Waals surface area contributed by atoms with Crippen LogP contribution in [-0.4, -0.2) is 22.7 Å². The third-order valence-electron chi connectivity index (χ3n) is 2.10. The molecule has 1 aromatic rings. The molecule has 82 valence electrons. The molecular formula is C11H15NO3. The second-order valence-corrected chi connectivity index (χ2v) is 3.34. The van der Waals surface area contributed by atoms with Gasteiger partial charge in [-0.25, -0.2) is 0 Å². The van der Waals surface area contributed by atoms with Crippen molar-refractivity contribution in [3.05, 3.63) is 18.2 Å². The van der Waals surface area contributed by atoms with Crippen molar-refractivity contribution < 1.29 is 15.0 Å². The molecule has 1 rings (SSSR count). The predicted molar refractivity (Wildman–Crippen MR) is 58.1 cm³/mol. The third kappa shape index (κ3) is 2.62. The molecule has 0 saturated heterocycles. The molecular weight excluding hydrogens is 194 g/mol. The average Bonchev–Trinajstić information content (AvgIpc) is 2.18. The van der Waals surface area contributed by atoms with Gasteiger partial charge in [0, 0.05) is 25.2 Å². The van der Waals surface area contributed by atoms with E-state index >= 15 is 0 Å². The zero-order valence-corrected chi connectivity index (χ0v) is 8.90. The van der Waals surface area contributed by atoms with Crippen LogP contribution < -0.4 is 4.90 Å². The molecule has 0 spiro atoms. The number of nitrogens with zero attached hydrogens (tertiary/aromatic N) is 1. The molecule has 0 fully saturated rings. The SMILES string of the molecule is CCCN(C(C)=O)c1ccc(O)c(O)c1. The number of anilines is 1. The van der Waals surface area contributed by atoms with Crippen LogP contribution in [0.15, 0.2) is 18.2 Å². The number of rotatable bonds is 3. The number of phenols is 2. The van der Waals surface area contributed by atoms with Crippen LogP contribution in [0.5, 0.6) is 11.5 Å². The smallest absolute Gasteiger partial charge is 0.223 e. The molecule has 0 aromatic heterocycles. The molecule has 15 heavy (non-hydrogen) atoms. The quantitative estimate of drug-likeness (QED) is 0.747. The summed E-state index contributed by atoms with van der Waals surface area (Å²) >= 11 is 0. The molecule has 0 unspecified atom stereocenters. The van der Waals surface area contributed by atoms with Gasteiger partial charge in [-0.05, 0) is 18.6 Å². The number of phenolic OH excluding ortho intramolecular Hbond substituents is 2. The van der Waals surface area contributed by atoms with Gasteiger partial charge in [0.1, 0.15) is 0 Å². The summed E-state index contributed by atoms with van der Waals surface area (Å²) in [7, 11) is 0. The first-order valence-corrected chi connectivity index (χ1v) is 4.86. The van der Waals surface area contributed by atoms with E-state index in [-0.39, 0.29) is 17.4 Å². The Morgan fingerprint density at radius 2 is 2.00 bits per heavy atom. The molecule has 4 heteroatoms. The van der Waals surface area contributed by atoms with Crippen LogP contribution in [0.1, 0.15) is 20.3 Å². The van der Waals surface area contributed by atoms with Crippen LogP contribution in [0, 0.1) is 0 Å².